The molecule has 0 saturated heterocycles. The summed E-state index contributed by atoms with van der Waals surface area (Å²) in [4.78, 5) is 0. The van der Waals surface area contributed by atoms with Gasteiger partial charge in [-0.3, -0.25) is 0 Å². The average Bonchev–Trinajstić information content (AvgIpc) is 2.41. The summed E-state index contributed by atoms with van der Waals surface area (Å²) in [6.07, 6.45) is 0.159. The number of rotatable bonds is 3. The standard InChI is InChI=1S/C18H20BrIO/c1-18(2,3)13-6-4-12(5-7-13)10-17(21)15-11-14(19)8-9-16(15)20/h4-9,11,17,21H,10H2,1-3H3. The zero-order valence-corrected chi connectivity index (χ0v) is 16.3. The molecule has 2 aromatic carbocycles. The maximum Gasteiger partial charge on any atom is 0.0840 e. The molecule has 0 radical (unpaired) electrons. The van der Waals surface area contributed by atoms with Crippen molar-refractivity contribution in [3.63, 3.8) is 0 Å². The van der Waals surface area contributed by atoms with E-state index in [4.69, 9.17) is 0 Å². The van der Waals surface area contributed by atoms with Crippen LogP contribution in [0.15, 0.2) is 46.9 Å². The lowest BCUT2D eigenvalue weighted by molar-refractivity contribution is 0.177. The van der Waals surface area contributed by atoms with Crippen LogP contribution in [0.25, 0.3) is 0 Å². The number of aliphatic hydroxyl groups excluding tert-OH is 1. The van der Waals surface area contributed by atoms with Crippen LogP contribution < -0.4 is 0 Å². The topological polar surface area (TPSA) is 20.2 Å². The largest absolute Gasteiger partial charge is 0.388 e. The van der Waals surface area contributed by atoms with E-state index >= 15 is 0 Å². The van der Waals surface area contributed by atoms with Gasteiger partial charge in [0.2, 0.25) is 0 Å². The fourth-order valence-corrected chi connectivity index (χ4v) is 3.32. The summed E-state index contributed by atoms with van der Waals surface area (Å²) < 4.78 is 2.09. The molecule has 1 nitrogen and oxygen atoms in total. The van der Waals surface area contributed by atoms with Crippen LogP contribution in [0.5, 0.6) is 0 Å². The van der Waals surface area contributed by atoms with Gasteiger partial charge in [-0.05, 0) is 62.9 Å². The number of hydrogen-bond acceptors (Lipinski definition) is 1. The third-order valence-corrected chi connectivity index (χ3v) is 5.04. The van der Waals surface area contributed by atoms with Crippen LogP contribution in [0.2, 0.25) is 0 Å². The van der Waals surface area contributed by atoms with E-state index in [1.165, 1.54) is 5.56 Å². The molecule has 1 unspecified atom stereocenters. The van der Waals surface area contributed by atoms with Gasteiger partial charge in [-0.1, -0.05) is 61.0 Å². The first-order valence-electron chi connectivity index (χ1n) is 7.00. The van der Waals surface area contributed by atoms with Gasteiger partial charge in [0.05, 0.1) is 6.10 Å². The van der Waals surface area contributed by atoms with Crippen LogP contribution in [0.3, 0.4) is 0 Å². The summed E-state index contributed by atoms with van der Waals surface area (Å²) in [7, 11) is 0. The monoisotopic (exact) mass is 458 g/mol. The molecule has 0 aliphatic rings. The smallest absolute Gasteiger partial charge is 0.0840 e. The average molecular weight is 459 g/mol. The quantitative estimate of drug-likeness (QED) is 0.591. The minimum Gasteiger partial charge on any atom is -0.388 e. The van der Waals surface area contributed by atoms with Crippen LogP contribution in [-0.4, -0.2) is 5.11 Å². The van der Waals surface area contributed by atoms with Crippen molar-refractivity contribution >= 4 is 38.5 Å². The summed E-state index contributed by atoms with van der Waals surface area (Å²) in [6, 6.07) is 14.6. The van der Waals surface area contributed by atoms with E-state index in [0.29, 0.717) is 6.42 Å². The second-order valence-electron chi connectivity index (χ2n) is 6.33. The molecule has 1 atom stereocenters. The van der Waals surface area contributed by atoms with Crippen molar-refractivity contribution in [1.29, 1.82) is 0 Å². The molecular formula is C18H20BrIO. The summed E-state index contributed by atoms with van der Waals surface area (Å²) >= 11 is 5.74. The molecule has 3 heteroatoms. The lowest BCUT2D eigenvalue weighted by Crippen LogP contribution is -2.11. The van der Waals surface area contributed by atoms with Crippen LogP contribution in [0.4, 0.5) is 0 Å². The van der Waals surface area contributed by atoms with Crippen molar-refractivity contribution in [2.24, 2.45) is 0 Å². The molecule has 0 aliphatic carbocycles. The van der Waals surface area contributed by atoms with Crippen molar-refractivity contribution in [2.45, 2.75) is 38.7 Å². The third kappa shape index (κ3) is 4.54. The maximum atomic E-state index is 10.5. The molecule has 0 fully saturated rings. The Morgan fingerprint density at radius 1 is 1.10 bits per heavy atom. The van der Waals surface area contributed by atoms with Gasteiger partial charge in [0.25, 0.3) is 0 Å². The van der Waals surface area contributed by atoms with E-state index < -0.39 is 6.10 Å². The number of aliphatic hydroxyl groups is 1. The summed E-state index contributed by atoms with van der Waals surface area (Å²) in [5.41, 5.74) is 3.62. The molecule has 0 heterocycles. The van der Waals surface area contributed by atoms with Gasteiger partial charge in [-0.15, -0.1) is 0 Å². The zero-order chi connectivity index (χ0) is 15.6. The van der Waals surface area contributed by atoms with E-state index in [1.54, 1.807) is 0 Å². The molecule has 0 spiro atoms. The predicted molar refractivity (Wildman–Crippen MR) is 101 cm³/mol. The highest BCUT2D eigenvalue weighted by atomic mass is 127. The number of halogens is 2. The lowest BCUT2D eigenvalue weighted by Gasteiger charge is -2.20. The Balaban J connectivity index is 2.16. The second kappa shape index (κ2) is 6.80. The maximum absolute atomic E-state index is 10.5. The highest BCUT2D eigenvalue weighted by Gasteiger charge is 2.15. The highest BCUT2D eigenvalue weighted by molar-refractivity contribution is 14.1. The molecule has 2 aromatic rings. The number of benzene rings is 2. The predicted octanol–water partition coefficient (Wildman–Crippen LogP) is 5.63. The van der Waals surface area contributed by atoms with Gasteiger partial charge < -0.3 is 5.11 Å². The van der Waals surface area contributed by atoms with E-state index in [2.05, 4.69) is 83.6 Å². The van der Waals surface area contributed by atoms with Crippen LogP contribution in [0.1, 0.15) is 43.6 Å². The van der Waals surface area contributed by atoms with Crippen LogP contribution in [0, 0.1) is 3.57 Å². The lowest BCUT2D eigenvalue weighted by atomic mass is 9.86. The molecule has 0 bridgehead atoms. The van der Waals surface area contributed by atoms with Gasteiger partial charge in [0.15, 0.2) is 0 Å². The fraction of sp³-hybridized carbons (Fsp3) is 0.333. The second-order valence-corrected chi connectivity index (χ2v) is 8.41. The first-order valence-corrected chi connectivity index (χ1v) is 8.87. The Bertz CT molecular complexity index is 614. The first-order chi connectivity index (χ1) is 9.77. The first kappa shape index (κ1) is 17.0. The third-order valence-electron chi connectivity index (χ3n) is 3.57. The van der Waals surface area contributed by atoms with E-state index in [-0.39, 0.29) is 5.41 Å². The summed E-state index contributed by atoms with van der Waals surface area (Å²) in [5.74, 6) is 0. The normalized spacial score (nSPS) is 13.2. The summed E-state index contributed by atoms with van der Waals surface area (Å²) in [6.45, 7) is 6.63. The van der Waals surface area contributed by atoms with Crippen molar-refractivity contribution in [3.8, 4) is 0 Å². The Morgan fingerprint density at radius 2 is 1.71 bits per heavy atom. The summed E-state index contributed by atoms with van der Waals surface area (Å²) in [5, 5.41) is 10.5. The molecule has 2 rings (SSSR count). The molecule has 112 valence electrons. The van der Waals surface area contributed by atoms with E-state index in [1.807, 2.05) is 18.2 Å². The zero-order valence-electron chi connectivity index (χ0n) is 12.5. The van der Waals surface area contributed by atoms with Crippen molar-refractivity contribution in [2.75, 3.05) is 0 Å². The fourth-order valence-electron chi connectivity index (χ4n) is 2.24. The Morgan fingerprint density at radius 3 is 2.29 bits per heavy atom. The Kier molecular flexibility index (Phi) is 5.49. The van der Waals surface area contributed by atoms with Crippen molar-refractivity contribution in [3.05, 3.63) is 67.2 Å². The Hall–Kier alpha value is -0.390. The molecule has 21 heavy (non-hydrogen) atoms. The van der Waals surface area contributed by atoms with Gasteiger partial charge in [-0.2, -0.15) is 0 Å². The Labute approximate surface area is 149 Å². The molecule has 1 N–H and O–H groups in total. The SMILES string of the molecule is CC(C)(C)c1ccc(CC(O)c2cc(Br)ccc2I)cc1. The molecular weight excluding hydrogens is 439 g/mol. The molecule has 0 saturated carbocycles. The minimum absolute atomic E-state index is 0.164. The van der Waals surface area contributed by atoms with Gasteiger partial charge in [-0.25, -0.2) is 0 Å². The van der Waals surface area contributed by atoms with Gasteiger partial charge in [0.1, 0.15) is 0 Å². The van der Waals surface area contributed by atoms with E-state index in [0.717, 1.165) is 19.2 Å². The number of hydrogen-bond donors (Lipinski definition) is 1. The molecule has 0 aromatic heterocycles. The van der Waals surface area contributed by atoms with Crippen LogP contribution in [-0.2, 0) is 11.8 Å². The molecule has 0 amide bonds. The van der Waals surface area contributed by atoms with E-state index in [9.17, 15) is 5.11 Å². The van der Waals surface area contributed by atoms with Crippen molar-refractivity contribution < 1.29 is 5.11 Å². The molecule has 0 aliphatic heterocycles. The highest BCUT2D eigenvalue weighted by Crippen LogP contribution is 2.28. The van der Waals surface area contributed by atoms with Crippen LogP contribution >= 0.6 is 38.5 Å². The minimum atomic E-state index is -0.477. The van der Waals surface area contributed by atoms with Gasteiger partial charge >= 0.3 is 0 Å². The van der Waals surface area contributed by atoms with Gasteiger partial charge in [0, 0.05) is 14.5 Å². The van der Waals surface area contributed by atoms with Crippen molar-refractivity contribution in [1.82, 2.24) is 0 Å².